The van der Waals surface area contributed by atoms with Crippen molar-refractivity contribution in [2.24, 2.45) is 0 Å². The van der Waals surface area contributed by atoms with Gasteiger partial charge in [-0.25, -0.2) is 18.1 Å². The Kier molecular flexibility index (Phi) is 7.00. The molecule has 0 bridgehead atoms. The van der Waals surface area contributed by atoms with Crippen LogP contribution in [0.3, 0.4) is 0 Å². The van der Waals surface area contributed by atoms with Crippen LogP contribution < -0.4 is 0 Å². The average molecular weight is 493 g/mol. The van der Waals surface area contributed by atoms with Crippen molar-refractivity contribution in [2.45, 2.75) is 70.1 Å². The molecular weight excluding hydrogens is 462 g/mol. The molecule has 3 heterocycles. The summed E-state index contributed by atoms with van der Waals surface area (Å²) in [5.41, 5.74) is 0.821. The predicted octanol–water partition coefficient (Wildman–Crippen LogP) is 1.80. The topological polar surface area (TPSA) is 120 Å². The van der Waals surface area contributed by atoms with Crippen LogP contribution in [-0.4, -0.2) is 78.3 Å². The summed E-state index contributed by atoms with van der Waals surface area (Å²) >= 11 is 0. The molecule has 4 rings (SSSR count). The Morgan fingerprint density at radius 2 is 1.83 bits per heavy atom. The van der Waals surface area contributed by atoms with Gasteiger partial charge in [-0.15, -0.1) is 10.2 Å². The summed E-state index contributed by atoms with van der Waals surface area (Å²) in [6, 6.07) is 2.05. The second kappa shape index (κ2) is 9.69. The first-order chi connectivity index (χ1) is 16.5. The number of rotatable bonds is 6. The quantitative estimate of drug-likeness (QED) is 0.535. The van der Waals surface area contributed by atoms with E-state index >= 15 is 0 Å². The van der Waals surface area contributed by atoms with Crippen LogP contribution in [0, 0.1) is 18.6 Å². The Hall–Kier alpha value is -2.80. The van der Waals surface area contributed by atoms with Gasteiger partial charge in [0, 0.05) is 24.3 Å². The molecular formula is C23H30F2N6O4. The van der Waals surface area contributed by atoms with E-state index in [0.717, 1.165) is 5.69 Å². The van der Waals surface area contributed by atoms with E-state index in [1.807, 2.05) is 27.0 Å². The maximum atomic E-state index is 14.5. The SMILES string of the molecule is COC1C(Cn2cc(C(C)(C)C)nn2)OC(CO)C(O)C1n1cc(-c2ccc(C)c(F)c2F)nn1. The molecule has 1 aliphatic rings. The molecule has 5 atom stereocenters. The van der Waals surface area contributed by atoms with E-state index in [1.54, 1.807) is 4.68 Å². The largest absolute Gasteiger partial charge is 0.394 e. The summed E-state index contributed by atoms with van der Waals surface area (Å²) in [6.07, 6.45) is -0.298. The number of halogens is 2. The second-order valence-electron chi connectivity index (χ2n) is 9.79. The van der Waals surface area contributed by atoms with E-state index in [-0.39, 0.29) is 28.8 Å². The Morgan fingerprint density at radius 1 is 1.09 bits per heavy atom. The number of aryl methyl sites for hydroxylation is 1. The molecule has 0 saturated carbocycles. The number of methoxy groups -OCH3 is 1. The third-order valence-electron chi connectivity index (χ3n) is 6.28. The van der Waals surface area contributed by atoms with Crippen molar-refractivity contribution in [1.29, 1.82) is 0 Å². The lowest BCUT2D eigenvalue weighted by Crippen LogP contribution is -2.57. The summed E-state index contributed by atoms with van der Waals surface area (Å²) < 4.78 is 43.3. The van der Waals surface area contributed by atoms with Crippen LogP contribution in [0.4, 0.5) is 8.78 Å². The summed E-state index contributed by atoms with van der Waals surface area (Å²) in [4.78, 5) is 0. The highest BCUT2D eigenvalue weighted by Gasteiger charge is 2.47. The van der Waals surface area contributed by atoms with Gasteiger partial charge in [0.2, 0.25) is 0 Å². The van der Waals surface area contributed by atoms with Gasteiger partial charge in [-0.05, 0) is 18.6 Å². The van der Waals surface area contributed by atoms with Crippen LogP contribution in [0.15, 0.2) is 24.5 Å². The fourth-order valence-electron chi connectivity index (χ4n) is 4.22. The van der Waals surface area contributed by atoms with Crippen molar-refractivity contribution in [1.82, 2.24) is 30.0 Å². The van der Waals surface area contributed by atoms with E-state index in [2.05, 4.69) is 20.6 Å². The molecule has 0 aliphatic carbocycles. The molecule has 5 unspecified atom stereocenters. The zero-order valence-corrected chi connectivity index (χ0v) is 20.3. The Bertz CT molecular complexity index is 1180. The molecule has 2 aromatic heterocycles. The van der Waals surface area contributed by atoms with Gasteiger partial charge in [-0.2, -0.15) is 0 Å². The second-order valence-corrected chi connectivity index (χ2v) is 9.79. The average Bonchev–Trinajstić information content (AvgIpc) is 3.48. The molecule has 1 saturated heterocycles. The van der Waals surface area contributed by atoms with Crippen molar-refractivity contribution in [3.8, 4) is 11.3 Å². The maximum absolute atomic E-state index is 14.5. The van der Waals surface area contributed by atoms with Crippen LogP contribution in [-0.2, 0) is 21.4 Å². The molecule has 1 fully saturated rings. The van der Waals surface area contributed by atoms with Gasteiger partial charge in [0.25, 0.3) is 0 Å². The molecule has 0 amide bonds. The zero-order valence-electron chi connectivity index (χ0n) is 20.3. The fourth-order valence-corrected chi connectivity index (χ4v) is 4.22. The number of ether oxygens (including phenoxy) is 2. The van der Waals surface area contributed by atoms with E-state index in [1.165, 1.54) is 37.0 Å². The maximum Gasteiger partial charge on any atom is 0.168 e. The monoisotopic (exact) mass is 492 g/mol. The standard InChI is InChI=1S/C23H30F2N6O4/c1-12-6-7-13(19(25)18(12)24)14-8-31(29-26-14)20-21(33)16(11-32)35-15(22(20)34-5)9-30-10-17(27-28-30)23(2,3)4/h6-8,10,15-16,20-22,32-33H,9,11H2,1-5H3. The number of benzene rings is 1. The third-order valence-corrected chi connectivity index (χ3v) is 6.28. The Morgan fingerprint density at radius 3 is 2.46 bits per heavy atom. The highest BCUT2D eigenvalue weighted by molar-refractivity contribution is 5.59. The number of hydrogen-bond acceptors (Lipinski definition) is 8. The molecule has 10 nitrogen and oxygen atoms in total. The minimum atomic E-state index is -1.21. The van der Waals surface area contributed by atoms with E-state index in [0.29, 0.717) is 0 Å². The Balaban J connectivity index is 1.66. The van der Waals surface area contributed by atoms with Gasteiger partial charge in [0.1, 0.15) is 36.2 Å². The van der Waals surface area contributed by atoms with Crippen LogP contribution >= 0.6 is 0 Å². The fraction of sp³-hybridized carbons (Fsp3) is 0.565. The number of hydrogen-bond donors (Lipinski definition) is 2. The molecule has 3 aromatic rings. The first kappa shape index (κ1) is 25.3. The van der Waals surface area contributed by atoms with Crippen LogP contribution in [0.2, 0.25) is 0 Å². The van der Waals surface area contributed by atoms with Crippen LogP contribution in [0.25, 0.3) is 11.3 Å². The van der Waals surface area contributed by atoms with E-state index in [9.17, 15) is 19.0 Å². The van der Waals surface area contributed by atoms with Crippen molar-refractivity contribution < 1.29 is 28.5 Å². The normalized spacial score (nSPS) is 25.2. The summed E-state index contributed by atoms with van der Waals surface area (Å²) in [6.45, 7) is 7.32. The van der Waals surface area contributed by atoms with Crippen molar-refractivity contribution in [3.63, 3.8) is 0 Å². The van der Waals surface area contributed by atoms with Gasteiger partial charge >= 0.3 is 0 Å². The summed E-state index contributed by atoms with van der Waals surface area (Å²) in [5, 5.41) is 37.3. The van der Waals surface area contributed by atoms with Crippen LogP contribution in [0.5, 0.6) is 0 Å². The number of aliphatic hydroxyl groups excluding tert-OH is 2. The van der Waals surface area contributed by atoms with Gasteiger partial charge in [0.15, 0.2) is 11.6 Å². The highest BCUT2D eigenvalue weighted by Crippen LogP contribution is 2.34. The minimum Gasteiger partial charge on any atom is -0.394 e. The molecule has 35 heavy (non-hydrogen) atoms. The van der Waals surface area contributed by atoms with Gasteiger partial charge in [0.05, 0.1) is 25.0 Å². The lowest BCUT2D eigenvalue weighted by Gasteiger charge is -2.43. The first-order valence-corrected chi connectivity index (χ1v) is 11.3. The number of nitrogens with zero attached hydrogens (tertiary/aromatic N) is 6. The molecule has 0 radical (unpaired) electrons. The lowest BCUT2D eigenvalue weighted by molar-refractivity contribution is -0.216. The smallest absolute Gasteiger partial charge is 0.168 e. The van der Waals surface area contributed by atoms with E-state index < -0.39 is 48.7 Å². The molecule has 190 valence electrons. The highest BCUT2D eigenvalue weighted by atomic mass is 19.2. The summed E-state index contributed by atoms with van der Waals surface area (Å²) in [5.74, 6) is -1.99. The zero-order chi connectivity index (χ0) is 25.5. The third kappa shape index (κ3) is 4.83. The molecule has 2 N–H and O–H groups in total. The summed E-state index contributed by atoms with van der Waals surface area (Å²) in [7, 11) is 1.47. The molecule has 12 heteroatoms. The van der Waals surface area contributed by atoms with Gasteiger partial charge in [-0.1, -0.05) is 37.3 Å². The molecule has 1 aliphatic heterocycles. The predicted molar refractivity (Wildman–Crippen MR) is 120 cm³/mol. The number of aliphatic hydroxyl groups is 2. The van der Waals surface area contributed by atoms with Crippen molar-refractivity contribution in [2.75, 3.05) is 13.7 Å². The molecule has 0 spiro atoms. The van der Waals surface area contributed by atoms with Gasteiger partial charge in [-0.3, -0.25) is 0 Å². The van der Waals surface area contributed by atoms with Crippen molar-refractivity contribution >= 4 is 0 Å². The lowest BCUT2D eigenvalue weighted by atomic mass is 9.92. The first-order valence-electron chi connectivity index (χ1n) is 11.3. The van der Waals surface area contributed by atoms with Crippen molar-refractivity contribution in [3.05, 3.63) is 47.4 Å². The number of aromatic nitrogens is 6. The minimum absolute atomic E-state index is 0.0533. The Labute approximate surface area is 201 Å². The van der Waals surface area contributed by atoms with E-state index in [4.69, 9.17) is 9.47 Å². The van der Waals surface area contributed by atoms with Crippen LogP contribution in [0.1, 0.15) is 38.1 Å². The molecule has 1 aromatic carbocycles. The van der Waals surface area contributed by atoms with Gasteiger partial charge < -0.3 is 19.7 Å².